The maximum absolute atomic E-state index is 6.17. The lowest BCUT2D eigenvalue weighted by molar-refractivity contribution is 0.574. The Kier molecular flexibility index (Phi) is 4.73. The van der Waals surface area contributed by atoms with Crippen molar-refractivity contribution in [3.05, 3.63) is 64.4 Å². The highest BCUT2D eigenvalue weighted by Crippen LogP contribution is 2.24. The highest BCUT2D eigenvalue weighted by molar-refractivity contribution is 6.28. The first-order valence-corrected chi connectivity index (χ1v) is 9.24. The molecule has 27 heavy (non-hydrogen) atoms. The molecule has 0 saturated carbocycles. The Balaban J connectivity index is 1.88. The van der Waals surface area contributed by atoms with Crippen molar-refractivity contribution in [1.82, 2.24) is 15.0 Å². The van der Waals surface area contributed by atoms with Gasteiger partial charge in [-0.2, -0.15) is 9.97 Å². The van der Waals surface area contributed by atoms with Crippen LogP contribution in [-0.4, -0.2) is 15.0 Å². The van der Waals surface area contributed by atoms with Gasteiger partial charge >= 0.3 is 0 Å². The van der Waals surface area contributed by atoms with E-state index in [9.17, 15) is 0 Å². The van der Waals surface area contributed by atoms with Gasteiger partial charge in [-0.25, -0.2) is 4.98 Å². The summed E-state index contributed by atoms with van der Waals surface area (Å²) in [7, 11) is 0. The van der Waals surface area contributed by atoms with E-state index < -0.39 is 0 Å². The average Bonchev–Trinajstić information content (AvgIpc) is 3.04. The van der Waals surface area contributed by atoms with E-state index in [1.165, 1.54) is 0 Å². The number of hydrogen-bond acceptors (Lipinski definition) is 4. The van der Waals surface area contributed by atoms with Gasteiger partial charge in [-0.1, -0.05) is 49.4 Å². The van der Waals surface area contributed by atoms with Crippen molar-refractivity contribution >= 4 is 34.7 Å². The van der Waals surface area contributed by atoms with E-state index in [4.69, 9.17) is 16.0 Å². The predicted molar refractivity (Wildman–Crippen MR) is 110 cm³/mol. The largest absolute Gasteiger partial charge is 0.456 e. The first-order chi connectivity index (χ1) is 13.2. The van der Waals surface area contributed by atoms with Crippen LogP contribution in [0.15, 0.2) is 52.9 Å². The molecule has 4 nitrogen and oxygen atoms in total. The molecule has 0 bridgehead atoms. The van der Waals surface area contributed by atoms with E-state index in [1.807, 2.05) is 55.5 Å². The number of aromatic nitrogens is 3. The molecule has 0 atom stereocenters. The molecule has 5 heteroatoms. The van der Waals surface area contributed by atoms with Crippen molar-refractivity contribution < 1.29 is 4.42 Å². The Morgan fingerprint density at radius 3 is 2.41 bits per heavy atom. The molecule has 4 aromatic rings. The molecule has 0 fully saturated rings. The number of halogens is 1. The first-order valence-electron chi connectivity index (χ1n) is 8.86. The molecular weight excluding hydrogens is 358 g/mol. The summed E-state index contributed by atoms with van der Waals surface area (Å²) in [4.78, 5) is 13.2. The van der Waals surface area contributed by atoms with Crippen molar-refractivity contribution in [3.8, 4) is 22.8 Å². The second-order valence-corrected chi connectivity index (χ2v) is 6.45. The van der Waals surface area contributed by atoms with Crippen LogP contribution >= 0.6 is 11.6 Å². The molecule has 0 spiro atoms. The SMILES string of the molecule is C/C=c1\c(=C/CC)oc2cc(-c3nc(Cl)nc(-c4ccccc4)n3)ccc12. The Bertz CT molecular complexity index is 1230. The molecule has 134 valence electrons. The predicted octanol–water partition coefficient (Wildman–Crippen LogP) is 4.60. The molecule has 2 heterocycles. The van der Waals surface area contributed by atoms with Gasteiger partial charge in [0.15, 0.2) is 11.6 Å². The number of fused-ring (bicyclic) bond motifs is 1. The third-order valence-electron chi connectivity index (χ3n) is 4.33. The molecule has 0 unspecified atom stereocenters. The van der Waals surface area contributed by atoms with Crippen molar-refractivity contribution in [2.45, 2.75) is 20.3 Å². The Morgan fingerprint density at radius 2 is 1.70 bits per heavy atom. The maximum Gasteiger partial charge on any atom is 0.226 e. The summed E-state index contributed by atoms with van der Waals surface area (Å²) >= 11 is 6.17. The van der Waals surface area contributed by atoms with Crippen molar-refractivity contribution in [2.24, 2.45) is 0 Å². The van der Waals surface area contributed by atoms with E-state index in [1.54, 1.807) is 0 Å². The molecule has 0 aliphatic rings. The number of furan rings is 1. The second kappa shape index (κ2) is 7.33. The van der Waals surface area contributed by atoms with Crippen LogP contribution in [0.4, 0.5) is 0 Å². The monoisotopic (exact) mass is 375 g/mol. The van der Waals surface area contributed by atoms with Crippen LogP contribution in [0.25, 0.3) is 45.9 Å². The topological polar surface area (TPSA) is 51.8 Å². The van der Waals surface area contributed by atoms with Crippen LogP contribution in [0.2, 0.25) is 5.28 Å². The number of benzene rings is 2. The minimum Gasteiger partial charge on any atom is -0.456 e. The van der Waals surface area contributed by atoms with Crippen molar-refractivity contribution in [1.29, 1.82) is 0 Å². The van der Waals surface area contributed by atoms with E-state index in [-0.39, 0.29) is 5.28 Å². The molecule has 0 saturated heterocycles. The van der Waals surface area contributed by atoms with Gasteiger partial charge in [0.25, 0.3) is 0 Å². The Hall–Kier alpha value is -2.98. The summed E-state index contributed by atoms with van der Waals surface area (Å²) in [6.07, 6.45) is 5.07. The molecule has 0 radical (unpaired) electrons. The summed E-state index contributed by atoms with van der Waals surface area (Å²) in [5, 5.41) is 2.35. The smallest absolute Gasteiger partial charge is 0.226 e. The fraction of sp³-hybridized carbons (Fsp3) is 0.136. The van der Waals surface area contributed by atoms with Gasteiger partial charge in [-0.05, 0) is 43.2 Å². The van der Waals surface area contributed by atoms with E-state index in [2.05, 4.69) is 34.0 Å². The molecule has 0 aliphatic heterocycles. The molecule has 0 aliphatic carbocycles. The summed E-state index contributed by atoms with van der Waals surface area (Å²) in [6.45, 7) is 4.11. The second-order valence-electron chi connectivity index (χ2n) is 6.11. The fourth-order valence-electron chi connectivity index (χ4n) is 3.10. The molecule has 2 aromatic carbocycles. The summed E-state index contributed by atoms with van der Waals surface area (Å²) < 4.78 is 6.05. The van der Waals surface area contributed by atoms with Gasteiger partial charge in [-0.15, -0.1) is 0 Å². The quantitative estimate of drug-likeness (QED) is 0.525. The lowest BCUT2D eigenvalue weighted by atomic mass is 10.1. The van der Waals surface area contributed by atoms with Crippen LogP contribution in [0.1, 0.15) is 20.3 Å². The van der Waals surface area contributed by atoms with E-state index >= 15 is 0 Å². The molecular formula is C22H18ClN3O. The van der Waals surface area contributed by atoms with Crippen LogP contribution in [0.5, 0.6) is 0 Å². The van der Waals surface area contributed by atoms with Gasteiger partial charge < -0.3 is 4.42 Å². The van der Waals surface area contributed by atoms with Gasteiger partial charge in [0, 0.05) is 21.7 Å². The Morgan fingerprint density at radius 1 is 0.963 bits per heavy atom. The minimum atomic E-state index is 0.168. The lowest BCUT2D eigenvalue weighted by Gasteiger charge is -2.04. The van der Waals surface area contributed by atoms with Gasteiger partial charge in [0.05, 0.1) is 0 Å². The Labute approximate surface area is 161 Å². The summed E-state index contributed by atoms with van der Waals surface area (Å²) in [6, 6.07) is 15.7. The van der Waals surface area contributed by atoms with Crippen LogP contribution in [-0.2, 0) is 0 Å². The van der Waals surface area contributed by atoms with E-state index in [0.717, 1.165) is 39.2 Å². The zero-order chi connectivity index (χ0) is 18.8. The minimum absolute atomic E-state index is 0.168. The number of nitrogens with zero attached hydrogens (tertiary/aromatic N) is 3. The fourth-order valence-corrected chi connectivity index (χ4v) is 3.26. The van der Waals surface area contributed by atoms with Gasteiger partial charge in [0.2, 0.25) is 5.28 Å². The van der Waals surface area contributed by atoms with Gasteiger partial charge in [-0.3, -0.25) is 0 Å². The average molecular weight is 376 g/mol. The standard InChI is InChI=1S/C22H18ClN3O/c1-3-8-18-16(4-2)17-12-11-15(13-19(17)27-18)21-24-20(25-22(23)26-21)14-9-6-5-7-10-14/h4-13H,3H2,1-2H3/b16-4-,18-8+. The van der Waals surface area contributed by atoms with Crippen LogP contribution in [0.3, 0.4) is 0 Å². The molecule has 0 amide bonds. The molecule has 4 rings (SSSR count). The summed E-state index contributed by atoms with van der Waals surface area (Å²) in [5.41, 5.74) is 3.43. The lowest BCUT2D eigenvalue weighted by Crippen LogP contribution is -2.19. The number of rotatable bonds is 3. The maximum atomic E-state index is 6.17. The van der Waals surface area contributed by atoms with Crippen LogP contribution < -0.4 is 10.6 Å². The van der Waals surface area contributed by atoms with Crippen molar-refractivity contribution in [3.63, 3.8) is 0 Å². The summed E-state index contributed by atoms with van der Waals surface area (Å²) in [5.74, 6) is 1.07. The van der Waals surface area contributed by atoms with Gasteiger partial charge in [0.1, 0.15) is 11.0 Å². The van der Waals surface area contributed by atoms with Crippen LogP contribution in [0, 0.1) is 0 Å². The highest BCUT2D eigenvalue weighted by atomic mass is 35.5. The zero-order valence-electron chi connectivity index (χ0n) is 15.1. The molecule has 0 N–H and O–H groups in total. The van der Waals surface area contributed by atoms with E-state index in [0.29, 0.717) is 11.6 Å². The zero-order valence-corrected chi connectivity index (χ0v) is 15.9. The third kappa shape index (κ3) is 3.36. The third-order valence-corrected chi connectivity index (χ3v) is 4.50. The normalized spacial score (nSPS) is 12.9. The highest BCUT2D eigenvalue weighted by Gasteiger charge is 2.11. The number of hydrogen-bond donors (Lipinski definition) is 0. The first kappa shape index (κ1) is 17.4. The van der Waals surface area contributed by atoms with Crippen molar-refractivity contribution in [2.75, 3.05) is 0 Å². The molecule has 2 aromatic heterocycles.